The fourth-order valence-corrected chi connectivity index (χ4v) is 3.31. The SMILES string of the molecule is Oc1cc(O)c(N=Nc2ncn[nH]2)cc1C=NCCCCCCN=Cc1cc(N=Nc2ncn[nH]2)c(O)cc1O. The van der Waals surface area contributed by atoms with Gasteiger partial charge in [0.05, 0.1) is 0 Å². The Morgan fingerprint density at radius 1 is 0.575 bits per heavy atom. The molecule has 0 aliphatic rings. The van der Waals surface area contributed by atoms with Crippen molar-refractivity contribution >= 4 is 35.7 Å². The smallest absolute Gasteiger partial charge is 0.264 e. The first-order chi connectivity index (χ1) is 19.5. The van der Waals surface area contributed by atoms with Gasteiger partial charge in [0.25, 0.3) is 11.9 Å². The van der Waals surface area contributed by atoms with E-state index in [1.165, 1.54) is 49.3 Å². The van der Waals surface area contributed by atoms with Crippen LogP contribution >= 0.6 is 0 Å². The third-order valence-corrected chi connectivity index (χ3v) is 5.34. The van der Waals surface area contributed by atoms with E-state index in [2.05, 4.69) is 60.8 Å². The molecule has 2 aromatic carbocycles. The molecule has 0 aliphatic carbocycles. The minimum Gasteiger partial charge on any atom is -0.507 e. The van der Waals surface area contributed by atoms with Gasteiger partial charge in [-0.2, -0.15) is 20.2 Å². The van der Waals surface area contributed by atoms with Gasteiger partial charge in [-0.25, -0.2) is 10.2 Å². The summed E-state index contributed by atoms with van der Waals surface area (Å²) < 4.78 is 0. The van der Waals surface area contributed by atoms with Crippen LogP contribution in [0.5, 0.6) is 23.0 Å². The molecule has 2 heterocycles. The van der Waals surface area contributed by atoms with Crippen molar-refractivity contribution in [3.63, 3.8) is 0 Å². The summed E-state index contributed by atoms with van der Waals surface area (Å²) in [5.41, 5.74) is 1.12. The first kappa shape index (κ1) is 27.5. The molecule has 40 heavy (non-hydrogen) atoms. The van der Waals surface area contributed by atoms with Crippen molar-refractivity contribution in [3.8, 4) is 23.0 Å². The molecule has 6 N–H and O–H groups in total. The van der Waals surface area contributed by atoms with Crippen LogP contribution in [-0.4, -0.2) is 76.3 Å². The fourth-order valence-electron chi connectivity index (χ4n) is 3.31. The number of aromatic amines is 2. The topological polar surface area (TPSA) is 238 Å². The number of hydrogen-bond acceptors (Lipinski definition) is 14. The Balaban J connectivity index is 1.18. The van der Waals surface area contributed by atoms with Gasteiger partial charge in [-0.05, 0) is 25.0 Å². The van der Waals surface area contributed by atoms with E-state index in [4.69, 9.17) is 0 Å². The Hall–Kier alpha value is -5.54. The zero-order valence-electron chi connectivity index (χ0n) is 21.1. The quantitative estimate of drug-likeness (QED) is 0.0779. The second-order valence-electron chi connectivity index (χ2n) is 8.30. The summed E-state index contributed by atoms with van der Waals surface area (Å²) in [6.45, 7) is 1.12. The molecule has 0 unspecified atom stereocenters. The predicted octanol–water partition coefficient (Wildman–Crippen LogP) is 4.67. The molecule has 4 aromatic rings. The van der Waals surface area contributed by atoms with Gasteiger partial charge in [0.2, 0.25) is 0 Å². The third kappa shape index (κ3) is 7.98. The van der Waals surface area contributed by atoms with Crippen LogP contribution in [0.15, 0.2) is 67.4 Å². The number of benzene rings is 2. The van der Waals surface area contributed by atoms with Gasteiger partial charge in [-0.3, -0.25) is 9.98 Å². The lowest BCUT2D eigenvalue weighted by atomic mass is 10.1. The number of aromatic hydroxyl groups is 4. The van der Waals surface area contributed by atoms with Crippen LogP contribution < -0.4 is 0 Å². The number of H-pyrrole nitrogens is 2. The molecule has 2 aromatic heterocycles. The maximum Gasteiger partial charge on any atom is 0.264 e. The number of nitrogens with zero attached hydrogens (tertiary/aromatic N) is 10. The van der Waals surface area contributed by atoms with Crippen LogP contribution in [0.3, 0.4) is 0 Å². The molecule has 206 valence electrons. The first-order valence-electron chi connectivity index (χ1n) is 12.2. The molecule has 0 aliphatic heterocycles. The lowest BCUT2D eigenvalue weighted by Crippen LogP contribution is -1.89. The molecule has 16 heteroatoms. The molecule has 0 fully saturated rings. The van der Waals surface area contributed by atoms with Crippen LogP contribution in [0.25, 0.3) is 0 Å². The number of unbranched alkanes of at least 4 members (excludes halogenated alkanes) is 3. The normalized spacial score (nSPS) is 12.1. The average molecular weight is 547 g/mol. The van der Waals surface area contributed by atoms with Crippen LogP contribution in [0, 0.1) is 0 Å². The summed E-state index contributed by atoms with van der Waals surface area (Å²) in [5.74, 6) is -0.332. The van der Waals surface area contributed by atoms with Crippen molar-refractivity contribution in [1.29, 1.82) is 0 Å². The number of azo groups is 2. The van der Waals surface area contributed by atoms with Crippen molar-refractivity contribution in [3.05, 3.63) is 48.0 Å². The average Bonchev–Trinajstić information content (AvgIpc) is 3.65. The second kappa shape index (κ2) is 13.8. The van der Waals surface area contributed by atoms with Crippen molar-refractivity contribution in [2.24, 2.45) is 30.4 Å². The Bertz CT molecular complexity index is 1390. The molecular weight excluding hydrogens is 520 g/mol. The van der Waals surface area contributed by atoms with Gasteiger partial charge in [-0.1, -0.05) is 12.8 Å². The molecule has 4 rings (SSSR count). The minimum absolute atomic E-state index is 0.123. The molecule has 0 amide bonds. The molecule has 16 nitrogen and oxygen atoms in total. The monoisotopic (exact) mass is 546 g/mol. The maximum absolute atomic E-state index is 10.1. The highest BCUT2D eigenvalue weighted by molar-refractivity contribution is 5.86. The molecule has 0 bridgehead atoms. The minimum atomic E-state index is -0.227. The van der Waals surface area contributed by atoms with Crippen molar-refractivity contribution in [1.82, 2.24) is 30.4 Å². The van der Waals surface area contributed by atoms with Crippen LogP contribution in [0.4, 0.5) is 23.3 Å². The Labute approximate surface area is 227 Å². The van der Waals surface area contributed by atoms with Gasteiger partial charge in [0.1, 0.15) is 47.0 Å². The van der Waals surface area contributed by atoms with E-state index in [0.717, 1.165) is 25.7 Å². The Kier molecular flexibility index (Phi) is 9.52. The van der Waals surface area contributed by atoms with Crippen molar-refractivity contribution in [2.45, 2.75) is 25.7 Å². The van der Waals surface area contributed by atoms with E-state index in [9.17, 15) is 20.4 Å². The molecule has 0 radical (unpaired) electrons. The zero-order valence-corrected chi connectivity index (χ0v) is 21.1. The summed E-state index contributed by atoms with van der Waals surface area (Å²) in [7, 11) is 0. The van der Waals surface area contributed by atoms with Crippen LogP contribution in [0.1, 0.15) is 36.8 Å². The second-order valence-corrected chi connectivity index (χ2v) is 8.30. The number of phenolic OH excluding ortho intramolecular Hbond substituents is 4. The Morgan fingerprint density at radius 2 is 1.02 bits per heavy atom. The third-order valence-electron chi connectivity index (χ3n) is 5.34. The summed E-state index contributed by atoms with van der Waals surface area (Å²) in [4.78, 5) is 16.3. The number of hydrogen-bond donors (Lipinski definition) is 6. The van der Waals surface area contributed by atoms with E-state index in [0.29, 0.717) is 24.2 Å². The summed E-state index contributed by atoms with van der Waals surface area (Å²) in [6.07, 6.45) is 9.17. The summed E-state index contributed by atoms with van der Waals surface area (Å²) >= 11 is 0. The van der Waals surface area contributed by atoms with Crippen LogP contribution in [0.2, 0.25) is 0 Å². The highest BCUT2D eigenvalue weighted by Crippen LogP contribution is 2.34. The van der Waals surface area contributed by atoms with Crippen LogP contribution in [-0.2, 0) is 0 Å². The number of nitrogens with one attached hydrogen (secondary N) is 2. The number of aromatic nitrogens is 6. The molecule has 0 saturated heterocycles. The van der Waals surface area contributed by atoms with E-state index in [-0.39, 0.29) is 46.3 Å². The molecule has 0 spiro atoms. The lowest BCUT2D eigenvalue weighted by Gasteiger charge is -2.03. The summed E-state index contributed by atoms with van der Waals surface area (Å²) in [6, 6.07) is 5.30. The van der Waals surface area contributed by atoms with E-state index < -0.39 is 0 Å². The van der Waals surface area contributed by atoms with Gasteiger partial charge in [0, 0.05) is 48.8 Å². The highest BCUT2D eigenvalue weighted by Gasteiger charge is 2.08. The zero-order chi connectivity index (χ0) is 28.2. The van der Waals surface area contributed by atoms with Gasteiger partial charge in [-0.15, -0.1) is 20.5 Å². The van der Waals surface area contributed by atoms with Gasteiger partial charge >= 0.3 is 0 Å². The lowest BCUT2D eigenvalue weighted by molar-refractivity contribution is 0.449. The predicted molar refractivity (Wildman–Crippen MR) is 144 cm³/mol. The molecule has 0 saturated carbocycles. The molecule has 0 atom stereocenters. The largest absolute Gasteiger partial charge is 0.507 e. The van der Waals surface area contributed by atoms with Gasteiger partial charge in [0.15, 0.2) is 0 Å². The number of phenols is 4. The van der Waals surface area contributed by atoms with E-state index >= 15 is 0 Å². The Morgan fingerprint density at radius 3 is 1.43 bits per heavy atom. The van der Waals surface area contributed by atoms with Gasteiger partial charge < -0.3 is 20.4 Å². The van der Waals surface area contributed by atoms with E-state index in [1.807, 2.05) is 0 Å². The molecular formula is C24H26N12O4. The number of aliphatic imine (C=N–C) groups is 2. The van der Waals surface area contributed by atoms with Crippen molar-refractivity contribution < 1.29 is 20.4 Å². The fraction of sp³-hybridized carbons (Fsp3) is 0.250. The maximum atomic E-state index is 10.1. The van der Waals surface area contributed by atoms with E-state index in [1.54, 1.807) is 0 Å². The standard InChI is InChI=1S/C24H26N12O4/c37-19-9-21(39)17(31-35-23-27-13-29-33-23)7-15(19)11-25-5-3-1-2-4-6-26-12-16-8-18(22(40)10-20(16)38)32-36-24-28-14-30-34-24/h7-14,37-40H,1-6H2,(H,27,29,33)(H,28,30,34). The summed E-state index contributed by atoms with van der Waals surface area (Å²) in [5, 5.41) is 68.0. The first-order valence-corrected chi connectivity index (χ1v) is 12.2. The van der Waals surface area contributed by atoms with Crippen molar-refractivity contribution in [2.75, 3.05) is 13.1 Å². The number of rotatable bonds is 13. The highest BCUT2D eigenvalue weighted by atomic mass is 16.3.